The first kappa shape index (κ1) is 22.7. The normalized spacial score (nSPS) is 25.9. The van der Waals surface area contributed by atoms with Crippen molar-refractivity contribution >= 4 is 11.8 Å². The monoisotopic (exact) mass is 416 g/mol. The van der Waals surface area contributed by atoms with Crippen LogP contribution >= 0.6 is 0 Å². The lowest BCUT2D eigenvalue weighted by Crippen LogP contribution is -2.34. The lowest BCUT2D eigenvalue weighted by molar-refractivity contribution is -0.191. The van der Waals surface area contributed by atoms with Crippen LogP contribution in [0.4, 0.5) is 0 Å². The van der Waals surface area contributed by atoms with Crippen molar-refractivity contribution in [3.8, 4) is 0 Å². The van der Waals surface area contributed by atoms with E-state index in [0.717, 1.165) is 31.4 Å². The summed E-state index contributed by atoms with van der Waals surface area (Å²) in [6.07, 6.45) is 6.79. The van der Waals surface area contributed by atoms with Crippen LogP contribution in [0.1, 0.15) is 44.6 Å². The van der Waals surface area contributed by atoms with Crippen molar-refractivity contribution < 1.29 is 28.5 Å². The van der Waals surface area contributed by atoms with Crippen LogP contribution in [0.25, 0.3) is 0 Å². The molecule has 1 fully saturated rings. The van der Waals surface area contributed by atoms with Crippen molar-refractivity contribution in [2.24, 2.45) is 11.8 Å². The molecule has 1 aliphatic heterocycles. The van der Waals surface area contributed by atoms with Gasteiger partial charge < -0.3 is 18.9 Å². The predicted molar refractivity (Wildman–Crippen MR) is 112 cm³/mol. The number of hydrogen-bond donors (Lipinski definition) is 0. The average Bonchev–Trinajstić information content (AvgIpc) is 3.10. The molecule has 4 unspecified atom stereocenters. The molecule has 0 N–H and O–H groups in total. The lowest BCUT2D eigenvalue weighted by atomic mass is 9.89. The molecule has 0 bridgehead atoms. The quantitative estimate of drug-likeness (QED) is 0.310. The van der Waals surface area contributed by atoms with Crippen LogP contribution in [-0.4, -0.2) is 44.0 Å². The predicted octanol–water partition coefficient (Wildman–Crippen LogP) is 3.83. The third-order valence-electron chi connectivity index (χ3n) is 5.50. The molecule has 0 radical (unpaired) electrons. The van der Waals surface area contributed by atoms with E-state index in [1.807, 2.05) is 42.5 Å². The Hall–Kier alpha value is -2.02. The molecule has 0 saturated carbocycles. The number of benzene rings is 1. The van der Waals surface area contributed by atoms with Gasteiger partial charge in [-0.15, -0.1) is 0 Å². The number of esters is 1. The summed E-state index contributed by atoms with van der Waals surface area (Å²) >= 11 is 0. The summed E-state index contributed by atoms with van der Waals surface area (Å²) in [6.45, 7) is 3.71. The fourth-order valence-corrected chi connectivity index (χ4v) is 3.95. The smallest absolute Gasteiger partial charge is 0.313 e. The van der Waals surface area contributed by atoms with Gasteiger partial charge in [0.05, 0.1) is 25.9 Å². The van der Waals surface area contributed by atoms with Crippen molar-refractivity contribution in [1.82, 2.24) is 0 Å². The highest BCUT2D eigenvalue weighted by Crippen LogP contribution is 2.33. The van der Waals surface area contributed by atoms with Gasteiger partial charge in [-0.2, -0.15) is 0 Å². The molecule has 164 valence electrons. The van der Waals surface area contributed by atoms with Crippen LogP contribution in [0.15, 0.2) is 42.5 Å². The molecule has 4 atom stereocenters. The number of allylic oxidation sites excluding steroid dienone is 1. The van der Waals surface area contributed by atoms with Gasteiger partial charge in [0.25, 0.3) is 0 Å². The van der Waals surface area contributed by atoms with E-state index < -0.39 is 5.97 Å². The molecular weight excluding hydrogens is 384 g/mol. The van der Waals surface area contributed by atoms with Gasteiger partial charge in [0, 0.05) is 18.9 Å². The van der Waals surface area contributed by atoms with Crippen LogP contribution in [-0.2, 0) is 35.1 Å². The highest BCUT2D eigenvalue weighted by molar-refractivity contribution is 5.95. The third-order valence-corrected chi connectivity index (χ3v) is 5.50. The molecular formula is C24H32O6. The van der Waals surface area contributed by atoms with E-state index >= 15 is 0 Å². The molecule has 1 heterocycles. The Labute approximate surface area is 178 Å². The van der Waals surface area contributed by atoms with Crippen molar-refractivity contribution in [2.75, 3.05) is 19.8 Å². The fourth-order valence-electron chi connectivity index (χ4n) is 3.95. The van der Waals surface area contributed by atoms with Gasteiger partial charge in [-0.1, -0.05) is 42.5 Å². The molecule has 1 aromatic rings. The largest absolute Gasteiger partial charge is 0.466 e. The summed E-state index contributed by atoms with van der Waals surface area (Å²) in [4.78, 5) is 24.0. The summed E-state index contributed by atoms with van der Waals surface area (Å²) in [5, 5.41) is 0. The Kier molecular flexibility index (Phi) is 9.05. The number of carbonyl (C=O) groups is 2. The van der Waals surface area contributed by atoms with E-state index in [1.54, 1.807) is 6.92 Å². The Morgan fingerprint density at radius 2 is 1.97 bits per heavy atom. The van der Waals surface area contributed by atoms with Gasteiger partial charge in [0.2, 0.25) is 0 Å². The molecule has 1 aliphatic carbocycles. The summed E-state index contributed by atoms with van der Waals surface area (Å²) in [5.74, 6) is -0.614. The topological polar surface area (TPSA) is 71.1 Å². The highest BCUT2D eigenvalue weighted by atomic mass is 16.7. The number of hydrogen-bond acceptors (Lipinski definition) is 6. The van der Waals surface area contributed by atoms with Gasteiger partial charge in [0.15, 0.2) is 6.29 Å². The first-order chi connectivity index (χ1) is 14.7. The van der Waals surface area contributed by atoms with Gasteiger partial charge >= 0.3 is 5.97 Å². The summed E-state index contributed by atoms with van der Waals surface area (Å²) < 4.78 is 22.8. The minimum atomic E-state index is -0.468. The van der Waals surface area contributed by atoms with E-state index in [0.29, 0.717) is 13.2 Å². The Morgan fingerprint density at radius 1 is 1.13 bits per heavy atom. The summed E-state index contributed by atoms with van der Waals surface area (Å²) in [7, 11) is 0. The average molecular weight is 417 g/mol. The maximum absolute atomic E-state index is 12.4. The molecule has 0 aromatic heterocycles. The first-order valence-corrected chi connectivity index (χ1v) is 10.9. The molecule has 6 nitrogen and oxygen atoms in total. The Bertz CT molecular complexity index is 695. The maximum atomic E-state index is 12.4. The highest BCUT2D eigenvalue weighted by Gasteiger charge is 2.36. The number of rotatable bonds is 11. The zero-order valence-corrected chi connectivity index (χ0v) is 17.7. The molecule has 3 rings (SSSR count). The minimum Gasteiger partial charge on any atom is -0.466 e. The van der Waals surface area contributed by atoms with Gasteiger partial charge in [-0.25, -0.2) is 0 Å². The Morgan fingerprint density at radius 3 is 2.70 bits per heavy atom. The Balaban J connectivity index is 1.57. The van der Waals surface area contributed by atoms with Crippen LogP contribution in [0.2, 0.25) is 0 Å². The number of carbonyl (C=O) groups excluding carboxylic acids is 2. The number of ketones is 1. The standard InChI is InChI=1S/C24H32O6/c1-2-28-23(26)15-20(25)14-19-11-12-22(30-24-10-6-7-13-29-24)21(19)17-27-16-18-8-4-3-5-9-18/h3-5,8-9,11-12,19,21-22,24H,2,6-7,10,13-17H2,1H3. The molecule has 0 amide bonds. The SMILES string of the molecule is CCOC(=O)CC(=O)CC1C=CC(OC2CCCCO2)C1COCc1ccccc1. The van der Waals surface area contributed by atoms with Crippen molar-refractivity contribution in [2.45, 2.75) is 58.0 Å². The van der Waals surface area contributed by atoms with Crippen LogP contribution < -0.4 is 0 Å². The number of Topliss-reactive ketones (excluding diaryl/α,β-unsaturated/α-hetero) is 1. The molecule has 2 aliphatic rings. The second-order valence-corrected chi connectivity index (χ2v) is 7.83. The number of ether oxygens (including phenoxy) is 4. The van der Waals surface area contributed by atoms with Crippen molar-refractivity contribution in [1.29, 1.82) is 0 Å². The first-order valence-electron chi connectivity index (χ1n) is 10.9. The fraction of sp³-hybridized carbons (Fsp3) is 0.583. The molecule has 1 aromatic carbocycles. The van der Waals surface area contributed by atoms with Crippen LogP contribution in [0, 0.1) is 11.8 Å². The summed E-state index contributed by atoms with van der Waals surface area (Å²) in [6, 6.07) is 10.00. The van der Waals surface area contributed by atoms with Crippen molar-refractivity contribution in [3.63, 3.8) is 0 Å². The zero-order valence-electron chi connectivity index (χ0n) is 17.7. The van der Waals surface area contributed by atoms with Crippen molar-refractivity contribution in [3.05, 3.63) is 48.0 Å². The maximum Gasteiger partial charge on any atom is 0.313 e. The summed E-state index contributed by atoms with van der Waals surface area (Å²) in [5.41, 5.74) is 1.10. The van der Waals surface area contributed by atoms with E-state index in [4.69, 9.17) is 18.9 Å². The molecule has 0 spiro atoms. The molecule has 30 heavy (non-hydrogen) atoms. The minimum absolute atomic E-state index is 0.00499. The molecule has 6 heteroatoms. The van der Waals surface area contributed by atoms with E-state index in [2.05, 4.69) is 0 Å². The second kappa shape index (κ2) is 12.0. The zero-order chi connectivity index (χ0) is 21.2. The van der Waals surface area contributed by atoms with Crippen LogP contribution in [0.3, 0.4) is 0 Å². The lowest BCUT2D eigenvalue weighted by Gasteiger charge is -2.30. The van der Waals surface area contributed by atoms with Gasteiger partial charge in [-0.3, -0.25) is 9.59 Å². The van der Waals surface area contributed by atoms with Gasteiger partial charge in [0.1, 0.15) is 12.2 Å². The molecule has 1 saturated heterocycles. The second-order valence-electron chi connectivity index (χ2n) is 7.83. The van der Waals surface area contributed by atoms with E-state index in [1.165, 1.54) is 0 Å². The van der Waals surface area contributed by atoms with Crippen LogP contribution in [0.5, 0.6) is 0 Å². The van der Waals surface area contributed by atoms with E-state index in [-0.39, 0.29) is 49.5 Å². The van der Waals surface area contributed by atoms with Gasteiger partial charge in [-0.05, 0) is 37.7 Å². The third kappa shape index (κ3) is 7.04. The van der Waals surface area contributed by atoms with E-state index in [9.17, 15) is 9.59 Å².